The molecule has 4 heteroatoms. The van der Waals surface area contributed by atoms with Crippen molar-refractivity contribution in [3.05, 3.63) is 83.9 Å². The van der Waals surface area contributed by atoms with Crippen LogP contribution in [0.15, 0.2) is 67.0 Å². The minimum atomic E-state index is -0.407. The highest BCUT2D eigenvalue weighted by Gasteiger charge is 2.20. The van der Waals surface area contributed by atoms with Gasteiger partial charge in [-0.05, 0) is 48.9 Å². The first kappa shape index (κ1) is 16.9. The van der Waals surface area contributed by atoms with Crippen molar-refractivity contribution < 1.29 is 5.11 Å². The van der Waals surface area contributed by atoms with Gasteiger partial charge in [-0.25, -0.2) is 4.98 Å². The normalized spacial score (nSPS) is 17.5. The zero-order chi connectivity index (χ0) is 17.8. The molecule has 4 nitrogen and oxygen atoms in total. The van der Waals surface area contributed by atoms with Crippen LogP contribution in [0.1, 0.15) is 48.4 Å². The molecule has 0 aliphatic carbocycles. The quantitative estimate of drug-likeness (QED) is 0.690. The van der Waals surface area contributed by atoms with Crippen LogP contribution in [0, 0.1) is 0 Å². The summed E-state index contributed by atoms with van der Waals surface area (Å²) in [4.78, 5) is 4.50. The molecule has 0 saturated heterocycles. The van der Waals surface area contributed by atoms with Gasteiger partial charge in [0.25, 0.3) is 0 Å². The summed E-state index contributed by atoms with van der Waals surface area (Å²) in [5.74, 6) is 1.13. The van der Waals surface area contributed by atoms with E-state index in [1.54, 1.807) is 0 Å². The largest absolute Gasteiger partial charge is 0.388 e. The van der Waals surface area contributed by atoms with E-state index in [0.717, 1.165) is 42.9 Å². The van der Waals surface area contributed by atoms with E-state index in [1.807, 2.05) is 36.5 Å². The van der Waals surface area contributed by atoms with E-state index in [0.29, 0.717) is 0 Å². The Hall–Kier alpha value is -2.59. The molecule has 2 heterocycles. The number of imidazole rings is 1. The second-order valence-corrected chi connectivity index (χ2v) is 6.98. The summed E-state index contributed by atoms with van der Waals surface area (Å²) in [7, 11) is 0. The Labute approximate surface area is 154 Å². The van der Waals surface area contributed by atoms with E-state index in [9.17, 15) is 5.11 Å². The van der Waals surface area contributed by atoms with Gasteiger partial charge in [0.2, 0.25) is 0 Å². The lowest BCUT2D eigenvalue weighted by Gasteiger charge is -2.25. The molecule has 0 fully saturated rings. The number of nitrogens with zero attached hydrogens (tertiary/aromatic N) is 2. The summed E-state index contributed by atoms with van der Waals surface area (Å²) < 4.78 is 2.24. The molecule has 0 radical (unpaired) electrons. The van der Waals surface area contributed by atoms with Crippen molar-refractivity contribution in [1.82, 2.24) is 9.55 Å². The Bertz CT molecular complexity index is 826. The van der Waals surface area contributed by atoms with Crippen molar-refractivity contribution in [3.8, 4) is 0 Å². The van der Waals surface area contributed by atoms with Gasteiger partial charge in [-0.2, -0.15) is 0 Å². The van der Waals surface area contributed by atoms with Crippen LogP contribution in [0.5, 0.6) is 0 Å². The molecule has 0 saturated carbocycles. The molecule has 26 heavy (non-hydrogen) atoms. The fourth-order valence-electron chi connectivity index (χ4n) is 3.67. The molecule has 2 N–H and O–H groups in total. The smallest absolute Gasteiger partial charge is 0.131 e. The molecule has 1 aliphatic heterocycles. The molecule has 2 aromatic carbocycles. The molecule has 0 spiro atoms. The van der Waals surface area contributed by atoms with Gasteiger partial charge in [-0.3, -0.25) is 0 Å². The van der Waals surface area contributed by atoms with Crippen LogP contribution in [-0.2, 0) is 13.0 Å². The number of benzene rings is 2. The zero-order valence-electron chi connectivity index (χ0n) is 14.9. The van der Waals surface area contributed by atoms with E-state index in [-0.39, 0.29) is 6.04 Å². The second-order valence-electron chi connectivity index (χ2n) is 6.98. The number of nitrogens with one attached hydrogen (secondary N) is 1. The number of anilines is 1. The van der Waals surface area contributed by atoms with Crippen LogP contribution in [0.4, 0.5) is 5.69 Å². The number of rotatable bonds is 6. The Morgan fingerprint density at radius 1 is 1.12 bits per heavy atom. The van der Waals surface area contributed by atoms with Gasteiger partial charge < -0.3 is 15.0 Å². The van der Waals surface area contributed by atoms with Crippen LogP contribution in [0.2, 0.25) is 0 Å². The monoisotopic (exact) mass is 347 g/mol. The predicted octanol–water partition coefficient (Wildman–Crippen LogP) is 4.50. The van der Waals surface area contributed by atoms with E-state index in [4.69, 9.17) is 0 Å². The number of aliphatic hydroxyl groups is 1. The van der Waals surface area contributed by atoms with Gasteiger partial charge in [-0.1, -0.05) is 42.5 Å². The van der Waals surface area contributed by atoms with Gasteiger partial charge in [0.05, 0.1) is 12.1 Å². The van der Waals surface area contributed by atoms with Gasteiger partial charge in [-0.15, -0.1) is 0 Å². The molecule has 4 rings (SSSR count). The van der Waals surface area contributed by atoms with Crippen LogP contribution >= 0.6 is 0 Å². The van der Waals surface area contributed by atoms with Crippen LogP contribution in [0.3, 0.4) is 0 Å². The number of fused-ring (bicyclic) bond motifs is 1. The standard InChI is InChI=1S/C22H25N3O/c26-21(18-5-2-1-3-6-18)13-10-17-8-11-19(12-9-17)24-20-7-4-15-25-16-14-23-22(20)25/h1-3,5-6,8-9,11-12,14,16,20-21,24,26H,4,7,10,13,15H2. The van der Waals surface area contributed by atoms with Crippen molar-refractivity contribution in [1.29, 1.82) is 0 Å². The number of aromatic nitrogens is 2. The van der Waals surface area contributed by atoms with Crippen LogP contribution in [0.25, 0.3) is 0 Å². The minimum absolute atomic E-state index is 0.282. The SMILES string of the molecule is OC(CCc1ccc(NC2CCCn3ccnc32)cc1)c1ccccc1. The highest BCUT2D eigenvalue weighted by molar-refractivity contribution is 5.46. The summed E-state index contributed by atoms with van der Waals surface area (Å²) >= 11 is 0. The van der Waals surface area contributed by atoms with E-state index in [1.165, 1.54) is 12.0 Å². The highest BCUT2D eigenvalue weighted by Crippen LogP contribution is 2.27. The van der Waals surface area contributed by atoms with Crippen molar-refractivity contribution in [2.45, 2.75) is 44.4 Å². The lowest BCUT2D eigenvalue weighted by Crippen LogP contribution is -2.21. The van der Waals surface area contributed by atoms with Gasteiger partial charge in [0, 0.05) is 24.6 Å². The first-order valence-electron chi connectivity index (χ1n) is 9.39. The summed E-state index contributed by atoms with van der Waals surface area (Å²) in [6.45, 7) is 1.07. The van der Waals surface area contributed by atoms with Gasteiger partial charge in [0.1, 0.15) is 5.82 Å². The van der Waals surface area contributed by atoms with Crippen LogP contribution < -0.4 is 5.32 Å². The number of aryl methyl sites for hydroxylation is 2. The fraction of sp³-hybridized carbons (Fsp3) is 0.318. The third-order valence-corrected chi connectivity index (χ3v) is 5.14. The Kier molecular flexibility index (Phi) is 5.02. The molecule has 1 aliphatic rings. The summed E-state index contributed by atoms with van der Waals surface area (Å²) in [6.07, 6.45) is 7.43. The van der Waals surface area contributed by atoms with Gasteiger partial charge >= 0.3 is 0 Å². The van der Waals surface area contributed by atoms with Gasteiger partial charge in [0.15, 0.2) is 0 Å². The van der Waals surface area contributed by atoms with Crippen LogP contribution in [-0.4, -0.2) is 14.7 Å². The Morgan fingerprint density at radius 3 is 2.73 bits per heavy atom. The molecule has 0 amide bonds. The van der Waals surface area contributed by atoms with Crippen molar-refractivity contribution in [2.24, 2.45) is 0 Å². The summed E-state index contributed by atoms with van der Waals surface area (Å²) in [5.41, 5.74) is 3.35. The molecule has 2 unspecified atom stereocenters. The molecule has 1 aromatic heterocycles. The van der Waals surface area contributed by atoms with E-state index in [2.05, 4.69) is 45.3 Å². The molecular formula is C22H25N3O. The maximum Gasteiger partial charge on any atom is 0.131 e. The van der Waals surface area contributed by atoms with Crippen molar-refractivity contribution in [2.75, 3.05) is 5.32 Å². The van der Waals surface area contributed by atoms with E-state index >= 15 is 0 Å². The topological polar surface area (TPSA) is 50.1 Å². The Balaban J connectivity index is 1.34. The fourth-order valence-corrected chi connectivity index (χ4v) is 3.67. The molecule has 134 valence electrons. The third kappa shape index (κ3) is 3.81. The summed E-state index contributed by atoms with van der Waals surface area (Å²) in [6, 6.07) is 18.7. The molecule has 2 atom stereocenters. The zero-order valence-corrected chi connectivity index (χ0v) is 14.9. The highest BCUT2D eigenvalue weighted by atomic mass is 16.3. The average molecular weight is 347 g/mol. The van der Waals surface area contributed by atoms with Crippen molar-refractivity contribution >= 4 is 5.69 Å². The van der Waals surface area contributed by atoms with Crippen molar-refractivity contribution in [3.63, 3.8) is 0 Å². The minimum Gasteiger partial charge on any atom is -0.388 e. The maximum atomic E-state index is 10.3. The Morgan fingerprint density at radius 2 is 1.92 bits per heavy atom. The molecular weight excluding hydrogens is 322 g/mol. The molecule has 0 bridgehead atoms. The number of hydrogen-bond acceptors (Lipinski definition) is 3. The second kappa shape index (κ2) is 7.75. The third-order valence-electron chi connectivity index (χ3n) is 5.14. The predicted molar refractivity (Wildman–Crippen MR) is 104 cm³/mol. The first-order chi connectivity index (χ1) is 12.8. The lowest BCUT2D eigenvalue weighted by molar-refractivity contribution is 0.168. The summed E-state index contributed by atoms with van der Waals surface area (Å²) in [5, 5.41) is 13.9. The van der Waals surface area contributed by atoms with E-state index < -0.39 is 6.10 Å². The lowest BCUT2D eigenvalue weighted by atomic mass is 10.0. The molecule has 3 aromatic rings. The number of aliphatic hydroxyl groups excluding tert-OH is 1. The first-order valence-corrected chi connectivity index (χ1v) is 9.39. The maximum absolute atomic E-state index is 10.3. The number of hydrogen-bond donors (Lipinski definition) is 2. The average Bonchev–Trinajstić information content (AvgIpc) is 3.18.